The smallest absolute Gasteiger partial charge is 0.178 e. The van der Waals surface area contributed by atoms with Crippen LogP contribution < -0.4 is 0 Å². The SMILES string of the molecule is c1ccc(-c2nc3ncccc3nc2-c2ccc(CN3CCC(n4cnc5cccnc54)CC3)cc2)cc1. The summed E-state index contributed by atoms with van der Waals surface area (Å²) in [7, 11) is 0. The number of piperidine rings is 1. The van der Waals surface area contributed by atoms with Crippen LogP contribution in [0.2, 0.25) is 0 Å². The quantitative estimate of drug-likeness (QED) is 0.293. The van der Waals surface area contributed by atoms with Crippen LogP contribution in [0.15, 0.2) is 97.6 Å². The van der Waals surface area contributed by atoms with E-state index < -0.39 is 0 Å². The van der Waals surface area contributed by atoms with Gasteiger partial charge in [-0.2, -0.15) is 0 Å². The minimum atomic E-state index is 0.450. The second-order valence-corrected chi connectivity index (χ2v) is 9.84. The first kappa shape index (κ1) is 22.7. The molecule has 7 rings (SSSR count). The predicted molar refractivity (Wildman–Crippen MR) is 149 cm³/mol. The molecule has 186 valence electrons. The topological polar surface area (TPSA) is 72.6 Å². The van der Waals surface area contributed by atoms with Crippen molar-refractivity contribution >= 4 is 22.3 Å². The lowest BCUT2D eigenvalue weighted by Crippen LogP contribution is -2.34. The highest BCUT2D eigenvalue weighted by molar-refractivity contribution is 5.84. The summed E-state index contributed by atoms with van der Waals surface area (Å²) in [6.07, 6.45) is 7.76. The lowest BCUT2D eigenvalue weighted by Gasteiger charge is -2.32. The van der Waals surface area contributed by atoms with Crippen molar-refractivity contribution in [2.75, 3.05) is 13.1 Å². The Morgan fingerprint density at radius 2 is 1.37 bits per heavy atom. The molecule has 1 aliphatic heterocycles. The molecule has 0 spiro atoms. The molecule has 1 fully saturated rings. The van der Waals surface area contributed by atoms with Gasteiger partial charge in [0.15, 0.2) is 11.3 Å². The molecule has 2 aromatic carbocycles. The number of benzene rings is 2. The number of nitrogens with zero attached hydrogens (tertiary/aromatic N) is 7. The molecule has 0 aliphatic carbocycles. The van der Waals surface area contributed by atoms with E-state index in [1.54, 1.807) is 6.20 Å². The number of hydrogen-bond acceptors (Lipinski definition) is 6. The van der Waals surface area contributed by atoms with Gasteiger partial charge in [-0.15, -0.1) is 0 Å². The number of hydrogen-bond donors (Lipinski definition) is 0. The van der Waals surface area contributed by atoms with Gasteiger partial charge in [0.05, 0.1) is 17.7 Å². The number of fused-ring (bicyclic) bond motifs is 2. The van der Waals surface area contributed by atoms with Crippen LogP contribution in [-0.4, -0.2) is 47.5 Å². The monoisotopic (exact) mass is 497 g/mol. The van der Waals surface area contributed by atoms with Crippen LogP contribution in [0, 0.1) is 0 Å². The van der Waals surface area contributed by atoms with Crippen LogP contribution in [-0.2, 0) is 6.54 Å². The molecule has 5 heterocycles. The lowest BCUT2D eigenvalue weighted by molar-refractivity contribution is 0.181. The van der Waals surface area contributed by atoms with E-state index in [1.165, 1.54) is 5.56 Å². The molecule has 7 heteroatoms. The van der Waals surface area contributed by atoms with Gasteiger partial charge in [-0.1, -0.05) is 54.6 Å². The molecular formula is C31H27N7. The molecule has 0 bridgehead atoms. The van der Waals surface area contributed by atoms with Crippen LogP contribution in [0.5, 0.6) is 0 Å². The summed E-state index contributed by atoms with van der Waals surface area (Å²) in [6.45, 7) is 3.05. The molecule has 0 N–H and O–H groups in total. The fourth-order valence-corrected chi connectivity index (χ4v) is 5.41. The molecule has 0 radical (unpaired) electrons. The van der Waals surface area contributed by atoms with Gasteiger partial charge in [0.25, 0.3) is 0 Å². The predicted octanol–water partition coefficient (Wildman–Crippen LogP) is 5.94. The Labute approximate surface area is 220 Å². The average molecular weight is 498 g/mol. The largest absolute Gasteiger partial charge is 0.312 e. The van der Waals surface area contributed by atoms with Crippen molar-refractivity contribution in [2.45, 2.75) is 25.4 Å². The Morgan fingerprint density at radius 1 is 0.658 bits per heavy atom. The maximum atomic E-state index is 4.97. The van der Waals surface area contributed by atoms with Gasteiger partial charge in [0, 0.05) is 49.2 Å². The van der Waals surface area contributed by atoms with Crippen molar-refractivity contribution in [3.63, 3.8) is 0 Å². The Kier molecular flexibility index (Phi) is 5.83. The zero-order valence-corrected chi connectivity index (χ0v) is 21.0. The second kappa shape index (κ2) is 9.76. The van der Waals surface area contributed by atoms with Crippen LogP contribution in [0.25, 0.3) is 44.8 Å². The molecule has 6 aromatic rings. The molecule has 4 aromatic heterocycles. The summed E-state index contributed by atoms with van der Waals surface area (Å²) >= 11 is 0. The number of aromatic nitrogens is 6. The molecule has 38 heavy (non-hydrogen) atoms. The zero-order valence-electron chi connectivity index (χ0n) is 21.0. The van der Waals surface area contributed by atoms with E-state index in [9.17, 15) is 0 Å². The summed E-state index contributed by atoms with van der Waals surface area (Å²) in [4.78, 5) is 25.9. The first-order chi connectivity index (χ1) is 18.8. The van der Waals surface area contributed by atoms with Crippen molar-refractivity contribution in [3.8, 4) is 22.5 Å². The van der Waals surface area contributed by atoms with E-state index >= 15 is 0 Å². The van der Waals surface area contributed by atoms with Gasteiger partial charge in [0.2, 0.25) is 0 Å². The van der Waals surface area contributed by atoms with Crippen LogP contribution in [0.4, 0.5) is 0 Å². The highest BCUT2D eigenvalue weighted by atomic mass is 15.2. The van der Waals surface area contributed by atoms with E-state index in [1.807, 2.05) is 55.0 Å². The number of likely N-dealkylation sites (tertiary alicyclic amines) is 1. The molecule has 0 saturated carbocycles. The molecule has 1 aliphatic rings. The van der Waals surface area contributed by atoms with E-state index in [4.69, 9.17) is 9.97 Å². The highest BCUT2D eigenvalue weighted by Gasteiger charge is 2.22. The molecule has 0 atom stereocenters. The average Bonchev–Trinajstić information content (AvgIpc) is 3.42. The molecule has 7 nitrogen and oxygen atoms in total. The van der Waals surface area contributed by atoms with Crippen LogP contribution in [0.3, 0.4) is 0 Å². The Hall–Kier alpha value is -4.49. The summed E-state index contributed by atoms with van der Waals surface area (Å²) in [5.41, 5.74) is 8.56. The summed E-state index contributed by atoms with van der Waals surface area (Å²) in [5, 5.41) is 0. The fraction of sp³-hybridized carbons (Fsp3) is 0.194. The fourth-order valence-electron chi connectivity index (χ4n) is 5.41. The molecule has 1 saturated heterocycles. The van der Waals surface area contributed by atoms with Gasteiger partial charge in [0.1, 0.15) is 11.0 Å². The highest BCUT2D eigenvalue weighted by Crippen LogP contribution is 2.31. The summed E-state index contributed by atoms with van der Waals surface area (Å²) in [6, 6.07) is 27.3. The van der Waals surface area contributed by atoms with Crippen molar-refractivity contribution in [1.82, 2.24) is 34.4 Å². The van der Waals surface area contributed by atoms with Crippen molar-refractivity contribution in [1.29, 1.82) is 0 Å². The molecular weight excluding hydrogens is 470 g/mol. The second-order valence-electron chi connectivity index (χ2n) is 9.84. The number of rotatable bonds is 5. The first-order valence-electron chi connectivity index (χ1n) is 13.1. The maximum absolute atomic E-state index is 4.97. The third-order valence-electron chi connectivity index (χ3n) is 7.40. The van der Waals surface area contributed by atoms with Crippen molar-refractivity contribution < 1.29 is 0 Å². The minimum absolute atomic E-state index is 0.450. The standard InChI is InChI=1S/C31H27N7/c1-2-6-23(7-3-1)29-28(35-26-8-4-16-32-30(26)36-29)24-12-10-22(11-13-24)20-37-18-14-25(15-19-37)38-21-34-27-9-5-17-33-31(27)38/h1-13,16-17,21,25H,14-15,18-20H2. The van der Waals surface area contributed by atoms with E-state index in [-0.39, 0.29) is 0 Å². The van der Waals surface area contributed by atoms with Gasteiger partial charge < -0.3 is 4.57 Å². The lowest BCUT2D eigenvalue weighted by atomic mass is 10.0. The van der Waals surface area contributed by atoms with Crippen LogP contribution in [0.1, 0.15) is 24.4 Å². The zero-order chi connectivity index (χ0) is 25.3. The van der Waals surface area contributed by atoms with Gasteiger partial charge in [-0.05, 0) is 42.7 Å². The van der Waals surface area contributed by atoms with Gasteiger partial charge in [-0.3, -0.25) is 4.90 Å². The summed E-state index contributed by atoms with van der Waals surface area (Å²) in [5.74, 6) is 0. The number of imidazole rings is 1. The minimum Gasteiger partial charge on any atom is -0.312 e. The van der Waals surface area contributed by atoms with E-state index in [2.05, 4.69) is 60.8 Å². The first-order valence-corrected chi connectivity index (χ1v) is 13.1. The maximum Gasteiger partial charge on any atom is 0.178 e. The van der Waals surface area contributed by atoms with E-state index in [0.29, 0.717) is 11.7 Å². The third-order valence-corrected chi connectivity index (χ3v) is 7.40. The van der Waals surface area contributed by atoms with Crippen molar-refractivity contribution in [2.24, 2.45) is 0 Å². The summed E-state index contributed by atoms with van der Waals surface area (Å²) < 4.78 is 2.26. The van der Waals surface area contributed by atoms with Gasteiger partial charge in [-0.25, -0.2) is 24.9 Å². The normalized spacial score (nSPS) is 14.8. The van der Waals surface area contributed by atoms with E-state index in [0.717, 1.165) is 71.7 Å². The third kappa shape index (κ3) is 4.31. The van der Waals surface area contributed by atoms with Gasteiger partial charge >= 0.3 is 0 Å². The molecule has 0 amide bonds. The van der Waals surface area contributed by atoms with Crippen molar-refractivity contribution in [3.05, 3.63) is 103 Å². The Morgan fingerprint density at radius 3 is 2.18 bits per heavy atom. The number of pyridine rings is 2. The van der Waals surface area contributed by atoms with Crippen LogP contribution >= 0.6 is 0 Å². The Balaban J connectivity index is 1.09. The molecule has 0 unspecified atom stereocenters. The Bertz CT molecular complexity index is 1700.